The Morgan fingerprint density at radius 3 is 2.96 bits per heavy atom. The van der Waals surface area contributed by atoms with Crippen LogP contribution in [0.25, 0.3) is 0 Å². The molecule has 1 fully saturated rings. The molecule has 2 aromatic heterocycles. The third kappa shape index (κ3) is 3.53. The molecule has 1 saturated heterocycles. The molecule has 2 aromatic rings. The first-order valence-electron chi connectivity index (χ1n) is 7.85. The molecule has 0 aliphatic carbocycles. The van der Waals surface area contributed by atoms with Gasteiger partial charge in [-0.25, -0.2) is 15.0 Å². The number of aromatic nitrogens is 3. The average Bonchev–Trinajstić information content (AvgIpc) is 3.18. The van der Waals surface area contributed by atoms with E-state index in [0.29, 0.717) is 18.1 Å². The van der Waals surface area contributed by atoms with Gasteiger partial charge in [0.15, 0.2) is 11.6 Å². The van der Waals surface area contributed by atoms with Gasteiger partial charge in [0.1, 0.15) is 18.4 Å². The number of amides is 1. The van der Waals surface area contributed by atoms with E-state index in [-0.39, 0.29) is 18.1 Å². The molecule has 24 heavy (non-hydrogen) atoms. The fraction of sp³-hybridized carbons (Fsp3) is 0.500. The molecule has 0 unspecified atom stereocenters. The van der Waals surface area contributed by atoms with Crippen LogP contribution < -0.4 is 10.2 Å². The molecule has 128 valence electrons. The topological polar surface area (TPSA) is 93.4 Å². The summed E-state index contributed by atoms with van der Waals surface area (Å²) in [6, 6.07) is 2.04. The summed E-state index contributed by atoms with van der Waals surface area (Å²) in [6.07, 6.45) is 3.84. The molecule has 0 aromatic carbocycles. The van der Waals surface area contributed by atoms with Crippen LogP contribution in [0.15, 0.2) is 23.1 Å². The Morgan fingerprint density at radius 1 is 1.46 bits per heavy atom. The number of methoxy groups -OCH3 is 1. The summed E-state index contributed by atoms with van der Waals surface area (Å²) >= 11 is 0. The van der Waals surface area contributed by atoms with Crippen LogP contribution in [0.1, 0.15) is 28.5 Å². The summed E-state index contributed by atoms with van der Waals surface area (Å²) in [7, 11) is 1.70. The summed E-state index contributed by atoms with van der Waals surface area (Å²) in [5.74, 6) is 1.07. The van der Waals surface area contributed by atoms with Gasteiger partial charge in [0, 0.05) is 38.9 Å². The van der Waals surface area contributed by atoms with Crippen molar-refractivity contribution in [2.24, 2.45) is 0 Å². The van der Waals surface area contributed by atoms with Crippen molar-refractivity contribution in [1.82, 2.24) is 20.3 Å². The molecule has 1 aliphatic rings. The number of nitrogens with zero attached hydrogens (tertiary/aromatic N) is 4. The number of nitrogens with one attached hydrogen (secondary N) is 1. The van der Waals surface area contributed by atoms with Crippen molar-refractivity contribution >= 4 is 11.7 Å². The molecule has 0 saturated carbocycles. The van der Waals surface area contributed by atoms with Crippen molar-refractivity contribution in [3.63, 3.8) is 0 Å². The Balaban J connectivity index is 1.68. The number of carbonyl (C=O) groups excluding carboxylic acids is 1. The third-order valence-electron chi connectivity index (χ3n) is 4.14. The van der Waals surface area contributed by atoms with Gasteiger partial charge in [0.2, 0.25) is 0 Å². The molecule has 1 aliphatic heterocycles. The van der Waals surface area contributed by atoms with Crippen molar-refractivity contribution in [3.05, 3.63) is 35.9 Å². The highest BCUT2D eigenvalue weighted by Crippen LogP contribution is 2.25. The van der Waals surface area contributed by atoms with E-state index in [1.165, 1.54) is 6.26 Å². The average molecular weight is 331 g/mol. The van der Waals surface area contributed by atoms with Crippen LogP contribution in [0.2, 0.25) is 0 Å². The number of oxazole rings is 1. The van der Waals surface area contributed by atoms with Gasteiger partial charge in [0.05, 0.1) is 12.1 Å². The first kappa shape index (κ1) is 16.4. The van der Waals surface area contributed by atoms with Gasteiger partial charge in [-0.15, -0.1) is 0 Å². The molecule has 0 spiro atoms. The molecular formula is C16H21N5O3. The molecule has 8 heteroatoms. The van der Waals surface area contributed by atoms with E-state index in [0.717, 1.165) is 24.5 Å². The fourth-order valence-corrected chi connectivity index (χ4v) is 2.88. The number of hydrogen-bond donors (Lipinski definition) is 1. The Labute approximate surface area is 140 Å². The molecule has 1 N–H and O–H groups in total. The molecule has 0 radical (unpaired) electrons. The normalized spacial score (nSPS) is 20.4. The Kier molecular flexibility index (Phi) is 4.75. The highest BCUT2D eigenvalue weighted by atomic mass is 16.5. The highest BCUT2D eigenvalue weighted by Gasteiger charge is 2.33. The van der Waals surface area contributed by atoms with Crippen molar-refractivity contribution in [3.8, 4) is 0 Å². The largest absolute Gasteiger partial charge is 0.448 e. The van der Waals surface area contributed by atoms with Crippen LogP contribution in [-0.4, -0.2) is 53.2 Å². The minimum absolute atomic E-state index is 0.0983. The van der Waals surface area contributed by atoms with Crippen LogP contribution >= 0.6 is 0 Å². The van der Waals surface area contributed by atoms with Crippen molar-refractivity contribution < 1.29 is 13.9 Å². The second-order valence-corrected chi connectivity index (χ2v) is 5.88. The summed E-state index contributed by atoms with van der Waals surface area (Å²) < 4.78 is 10.6. The quantitative estimate of drug-likeness (QED) is 0.877. The van der Waals surface area contributed by atoms with Crippen LogP contribution in [0.4, 0.5) is 5.82 Å². The Bertz CT molecular complexity index is 717. The SMILES string of the molecule is CO[C@H]1C[C@@H](CNC(=O)c2coc(C)n2)N(c2cc(C)ncn2)C1. The lowest BCUT2D eigenvalue weighted by Gasteiger charge is -2.25. The number of rotatable bonds is 5. The van der Waals surface area contributed by atoms with Crippen molar-refractivity contribution in [1.29, 1.82) is 0 Å². The number of anilines is 1. The van der Waals surface area contributed by atoms with Gasteiger partial charge in [-0.05, 0) is 13.3 Å². The summed E-state index contributed by atoms with van der Waals surface area (Å²) in [5.41, 5.74) is 1.19. The zero-order valence-electron chi connectivity index (χ0n) is 14.0. The van der Waals surface area contributed by atoms with E-state index in [9.17, 15) is 4.79 Å². The maximum Gasteiger partial charge on any atom is 0.273 e. The molecule has 0 bridgehead atoms. The number of hydrogen-bond acceptors (Lipinski definition) is 7. The molecule has 3 rings (SSSR count). The van der Waals surface area contributed by atoms with Gasteiger partial charge in [-0.2, -0.15) is 0 Å². The van der Waals surface area contributed by atoms with Gasteiger partial charge < -0.3 is 19.4 Å². The summed E-state index contributed by atoms with van der Waals surface area (Å²) in [5, 5.41) is 2.91. The summed E-state index contributed by atoms with van der Waals surface area (Å²) in [4.78, 5) is 26.8. The maximum atomic E-state index is 12.2. The van der Waals surface area contributed by atoms with Gasteiger partial charge in [-0.3, -0.25) is 4.79 Å². The van der Waals surface area contributed by atoms with Gasteiger partial charge in [-0.1, -0.05) is 0 Å². The zero-order chi connectivity index (χ0) is 17.1. The van der Waals surface area contributed by atoms with E-state index >= 15 is 0 Å². The van der Waals surface area contributed by atoms with Crippen LogP contribution in [0.3, 0.4) is 0 Å². The minimum atomic E-state index is -0.244. The lowest BCUT2D eigenvalue weighted by Crippen LogP contribution is -2.40. The Hall–Kier alpha value is -2.48. The first-order chi connectivity index (χ1) is 11.6. The van der Waals surface area contributed by atoms with Gasteiger partial charge in [0.25, 0.3) is 5.91 Å². The number of carbonyl (C=O) groups is 1. The van der Waals surface area contributed by atoms with E-state index in [1.54, 1.807) is 20.4 Å². The van der Waals surface area contributed by atoms with Gasteiger partial charge >= 0.3 is 0 Å². The number of aryl methyl sites for hydroxylation is 2. The van der Waals surface area contributed by atoms with E-state index in [4.69, 9.17) is 9.15 Å². The van der Waals surface area contributed by atoms with E-state index in [1.807, 2.05) is 13.0 Å². The number of ether oxygens (including phenoxy) is 1. The molecular weight excluding hydrogens is 310 g/mol. The van der Waals surface area contributed by atoms with E-state index in [2.05, 4.69) is 25.2 Å². The molecule has 2 atom stereocenters. The molecule has 8 nitrogen and oxygen atoms in total. The lowest BCUT2D eigenvalue weighted by atomic mass is 10.2. The van der Waals surface area contributed by atoms with E-state index < -0.39 is 0 Å². The van der Waals surface area contributed by atoms with Crippen molar-refractivity contribution in [2.75, 3.05) is 25.1 Å². The standard InChI is InChI=1S/C16H21N5O3/c1-10-4-15(19-9-18-10)21-7-13(23-3)5-12(21)6-17-16(22)14-8-24-11(2)20-14/h4,8-9,12-13H,5-7H2,1-3H3,(H,17,22)/t12-,13-/m0/s1. The van der Waals surface area contributed by atoms with Crippen molar-refractivity contribution in [2.45, 2.75) is 32.4 Å². The smallest absolute Gasteiger partial charge is 0.273 e. The lowest BCUT2D eigenvalue weighted by molar-refractivity contribution is 0.0941. The van der Waals surface area contributed by atoms with Crippen LogP contribution in [0, 0.1) is 13.8 Å². The minimum Gasteiger partial charge on any atom is -0.448 e. The maximum absolute atomic E-state index is 12.2. The predicted octanol–water partition coefficient (Wildman–Crippen LogP) is 1.11. The first-order valence-corrected chi connectivity index (χ1v) is 7.85. The summed E-state index contributed by atoms with van der Waals surface area (Å²) in [6.45, 7) is 4.85. The highest BCUT2D eigenvalue weighted by molar-refractivity contribution is 5.91. The van der Waals surface area contributed by atoms with Crippen LogP contribution in [-0.2, 0) is 4.74 Å². The Morgan fingerprint density at radius 2 is 2.29 bits per heavy atom. The zero-order valence-corrected chi connectivity index (χ0v) is 14.0. The monoisotopic (exact) mass is 331 g/mol. The molecule has 1 amide bonds. The second kappa shape index (κ2) is 6.96. The molecule has 3 heterocycles. The van der Waals surface area contributed by atoms with Crippen LogP contribution in [0.5, 0.6) is 0 Å². The second-order valence-electron chi connectivity index (χ2n) is 5.88. The fourth-order valence-electron chi connectivity index (χ4n) is 2.88. The predicted molar refractivity (Wildman–Crippen MR) is 86.9 cm³/mol. The third-order valence-corrected chi connectivity index (χ3v) is 4.14.